The average Bonchev–Trinajstić information content (AvgIpc) is 2.90. The number of amides is 2. The molecule has 1 heterocycles. The van der Waals surface area contributed by atoms with Gasteiger partial charge in [0.1, 0.15) is 5.76 Å². The predicted octanol–water partition coefficient (Wildman–Crippen LogP) is 1.45. The minimum Gasteiger partial charge on any atom is -0.361 e. The quantitative estimate of drug-likeness (QED) is 0.815. The SMILES string of the molecule is Cc1ccc(C(=O)NCCNC(=O)c2cc(C)on2)cc1. The number of carbonyl (C=O) groups is 2. The summed E-state index contributed by atoms with van der Waals surface area (Å²) >= 11 is 0. The maximum atomic E-state index is 11.8. The number of nitrogens with zero attached hydrogens (tertiary/aromatic N) is 1. The molecule has 2 aromatic rings. The van der Waals surface area contributed by atoms with E-state index in [0.29, 0.717) is 24.4 Å². The van der Waals surface area contributed by atoms with Crippen LogP contribution in [0.1, 0.15) is 32.2 Å². The van der Waals surface area contributed by atoms with Crippen LogP contribution in [0, 0.1) is 13.8 Å². The van der Waals surface area contributed by atoms with Crippen molar-refractivity contribution in [3.05, 3.63) is 52.9 Å². The summed E-state index contributed by atoms with van der Waals surface area (Å²) < 4.78 is 4.82. The summed E-state index contributed by atoms with van der Waals surface area (Å²) in [5, 5.41) is 9.00. The summed E-state index contributed by atoms with van der Waals surface area (Å²) in [6, 6.07) is 8.84. The van der Waals surface area contributed by atoms with Crippen LogP contribution in [0.15, 0.2) is 34.9 Å². The lowest BCUT2D eigenvalue weighted by atomic mass is 10.1. The van der Waals surface area contributed by atoms with Crippen molar-refractivity contribution in [1.82, 2.24) is 15.8 Å². The smallest absolute Gasteiger partial charge is 0.273 e. The van der Waals surface area contributed by atoms with Crippen molar-refractivity contribution in [2.24, 2.45) is 0 Å². The zero-order chi connectivity index (χ0) is 15.2. The molecule has 0 unspecified atom stereocenters. The van der Waals surface area contributed by atoms with Crippen molar-refractivity contribution in [3.63, 3.8) is 0 Å². The first-order valence-electron chi connectivity index (χ1n) is 6.62. The molecular formula is C15H17N3O3. The molecule has 0 saturated heterocycles. The second-order valence-electron chi connectivity index (χ2n) is 4.70. The van der Waals surface area contributed by atoms with Crippen LogP contribution < -0.4 is 10.6 Å². The van der Waals surface area contributed by atoms with Gasteiger partial charge in [0.2, 0.25) is 0 Å². The fraction of sp³-hybridized carbons (Fsp3) is 0.267. The maximum absolute atomic E-state index is 11.8. The minimum atomic E-state index is -0.323. The molecule has 1 aromatic heterocycles. The van der Waals surface area contributed by atoms with Gasteiger partial charge in [0, 0.05) is 24.7 Å². The van der Waals surface area contributed by atoms with Crippen molar-refractivity contribution in [1.29, 1.82) is 0 Å². The molecule has 0 spiro atoms. The average molecular weight is 287 g/mol. The predicted molar refractivity (Wildman–Crippen MR) is 77.1 cm³/mol. The van der Waals surface area contributed by atoms with Gasteiger partial charge in [-0.15, -0.1) is 0 Å². The van der Waals surface area contributed by atoms with E-state index in [0.717, 1.165) is 5.56 Å². The minimum absolute atomic E-state index is 0.165. The summed E-state index contributed by atoms with van der Waals surface area (Å²) in [5.74, 6) is 0.0887. The number of rotatable bonds is 5. The van der Waals surface area contributed by atoms with Crippen LogP contribution in [0.2, 0.25) is 0 Å². The van der Waals surface area contributed by atoms with Crippen molar-refractivity contribution in [2.75, 3.05) is 13.1 Å². The van der Waals surface area contributed by atoms with Gasteiger partial charge in [-0.3, -0.25) is 9.59 Å². The van der Waals surface area contributed by atoms with Crippen molar-refractivity contribution >= 4 is 11.8 Å². The molecule has 110 valence electrons. The van der Waals surface area contributed by atoms with Crippen molar-refractivity contribution in [2.45, 2.75) is 13.8 Å². The molecule has 0 fully saturated rings. The molecule has 0 atom stereocenters. The number of aromatic nitrogens is 1. The monoisotopic (exact) mass is 287 g/mol. The highest BCUT2D eigenvalue weighted by Gasteiger charge is 2.10. The van der Waals surface area contributed by atoms with E-state index < -0.39 is 0 Å². The van der Waals surface area contributed by atoms with Gasteiger partial charge in [-0.05, 0) is 26.0 Å². The van der Waals surface area contributed by atoms with Crippen molar-refractivity contribution in [3.8, 4) is 0 Å². The molecule has 0 radical (unpaired) electrons. The highest BCUT2D eigenvalue weighted by Crippen LogP contribution is 2.02. The lowest BCUT2D eigenvalue weighted by Gasteiger charge is -2.06. The van der Waals surface area contributed by atoms with Gasteiger partial charge in [0.15, 0.2) is 5.69 Å². The van der Waals surface area contributed by atoms with E-state index in [1.807, 2.05) is 19.1 Å². The van der Waals surface area contributed by atoms with Crippen LogP contribution in [-0.4, -0.2) is 30.1 Å². The topological polar surface area (TPSA) is 84.2 Å². The molecule has 0 aliphatic carbocycles. The van der Waals surface area contributed by atoms with Crippen LogP contribution in [0.4, 0.5) is 0 Å². The zero-order valence-corrected chi connectivity index (χ0v) is 12.0. The fourth-order valence-corrected chi connectivity index (χ4v) is 1.72. The Balaban J connectivity index is 1.73. The molecule has 2 amide bonds. The number of carbonyl (C=O) groups excluding carboxylic acids is 2. The number of aryl methyl sites for hydroxylation is 2. The number of benzene rings is 1. The van der Waals surface area contributed by atoms with Crippen molar-refractivity contribution < 1.29 is 14.1 Å². The number of nitrogens with one attached hydrogen (secondary N) is 2. The Hall–Kier alpha value is -2.63. The largest absolute Gasteiger partial charge is 0.361 e. The van der Waals surface area contributed by atoms with Gasteiger partial charge >= 0.3 is 0 Å². The molecule has 0 saturated carbocycles. The van der Waals surface area contributed by atoms with E-state index in [1.165, 1.54) is 0 Å². The Morgan fingerprint density at radius 3 is 2.24 bits per heavy atom. The normalized spacial score (nSPS) is 10.2. The van der Waals surface area contributed by atoms with Crippen LogP contribution in [0.25, 0.3) is 0 Å². The fourth-order valence-electron chi connectivity index (χ4n) is 1.72. The van der Waals surface area contributed by atoms with E-state index in [-0.39, 0.29) is 17.5 Å². The van der Waals surface area contributed by atoms with Gasteiger partial charge in [-0.25, -0.2) is 0 Å². The third-order valence-electron chi connectivity index (χ3n) is 2.87. The molecule has 2 N–H and O–H groups in total. The Bertz CT molecular complexity index is 632. The molecular weight excluding hydrogens is 270 g/mol. The maximum Gasteiger partial charge on any atom is 0.273 e. The molecule has 0 aliphatic heterocycles. The Kier molecular flexibility index (Phi) is 4.71. The first-order chi connectivity index (χ1) is 10.1. The highest BCUT2D eigenvalue weighted by atomic mass is 16.5. The first kappa shape index (κ1) is 14.8. The number of hydrogen-bond acceptors (Lipinski definition) is 4. The van der Waals surface area contributed by atoms with Gasteiger partial charge in [0.25, 0.3) is 11.8 Å². The van der Waals surface area contributed by atoms with Crippen LogP contribution in [0.5, 0.6) is 0 Å². The zero-order valence-electron chi connectivity index (χ0n) is 12.0. The molecule has 1 aromatic carbocycles. The lowest BCUT2D eigenvalue weighted by Crippen LogP contribution is -2.34. The molecule has 21 heavy (non-hydrogen) atoms. The van der Waals surface area contributed by atoms with Gasteiger partial charge in [0.05, 0.1) is 0 Å². The van der Waals surface area contributed by atoms with E-state index in [9.17, 15) is 9.59 Å². The lowest BCUT2D eigenvalue weighted by molar-refractivity contribution is 0.0922. The summed E-state index contributed by atoms with van der Waals surface area (Å²) in [6.45, 7) is 4.34. The van der Waals surface area contributed by atoms with E-state index in [1.54, 1.807) is 25.1 Å². The summed E-state index contributed by atoms with van der Waals surface area (Å²) in [5.41, 5.74) is 1.93. The first-order valence-corrected chi connectivity index (χ1v) is 6.62. The Morgan fingerprint density at radius 1 is 1.05 bits per heavy atom. The molecule has 0 aliphatic rings. The van der Waals surface area contributed by atoms with Gasteiger partial charge in [-0.2, -0.15) is 0 Å². The highest BCUT2D eigenvalue weighted by molar-refractivity contribution is 5.94. The summed E-state index contributed by atoms with van der Waals surface area (Å²) in [6.07, 6.45) is 0. The third-order valence-corrected chi connectivity index (χ3v) is 2.87. The summed E-state index contributed by atoms with van der Waals surface area (Å²) in [4.78, 5) is 23.5. The molecule has 0 bridgehead atoms. The van der Waals surface area contributed by atoms with E-state index in [4.69, 9.17) is 4.52 Å². The van der Waals surface area contributed by atoms with Crippen LogP contribution >= 0.6 is 0 Å². The standard InChI is InChI=1S/C15H17N3O3/c1-10-3-5-12(6-4-10)14(19)16-7-8-17-15(20)13-9-11(2)21-18-13/h3-6,9H,7-8H2,1-2H3,(H,16,19)(H,17,20). The Labute approximate surface area is 122 Å². The van der Waals surface area contributed by atoms with E-state index in [2.05, 4.69) is 15.8 Å². The number of hydrogen-bond donors (Lipinski definition) is 2. The molecule has 6 heteroatoms. The van der Waals surface area contributed by atoms with Gasteiger partial charge in [-0.1, -0.05) is 22.9 Å². The second kappa shape index (κ2) is 6.69. The van der Waals surface area contributed by atoms with Crippen LogP contribution in [0.3, 0.4) is 0 Å². The summed E-state index contributed by atoms with van der Waals surface area (Å²) in [7, 11) is 0. The molecule has 2 rings (SSSR count). The van der Waals surface area contributed by atoms with Crippen LogP contribution in [-0.2, 0) is 0 Å². The van der Waals surface area contributed by atoms with E-state index >= 15 is 0 Å². The second-order valence-corrected chi connectivity index (χ2v) is 4.70. The Morgan fingerprint density at radius 2 is 1.67 bits per heavy atom. The molecule has 6 nitrogen and oxygen atoms in total. The van der Waals surface area contributed by atoms with Gasteiger partial charge < -0.3 is 15.2 Å². The third kappa shape index (κ3) is 4.17.